The van der Waals surface area contributed by atoms with Crippen molar-refractivity contribution in [3.8, 4) is 0 Å². The third kappa shape index (κ3) is 2.08. The summed E-state index contributed by atoms with van der Waals surface area (Å²) in [6.07, 6.45) is -0.406. The molecule has 2 aliphatic rings. The summed E-state index contributed by atoms with van der Waals surface area (Å²) in [5.41, 5.74) is 11.0. The fourth-order valence-corrected chi connectivity index (χ4v) is 3.60. The van der Waals surface area contributed by atoms with Gasteiger partial charge in [-0.3, -0.25) is 10.2 Å². The molecule has 0 bridgehead atoms. The number of hydrogen-bond donors (Lipinski definition) is 2. The van der Waals surface area contributed by atoms with Crippen LogP contribution in [0.5, 0.6) is 0 Å². The first-order valence-electron chi connectivity index (χ1n) is 7.04. The molecule has 23 heavy (non-hydrogen) atoms. The van der Waals surface area contributed by atoms with Crippen LogP contribution in [0.2, 0.25) is 10.0 Å². The van der Waals surface area contributed by atoms with E-state index >= 15 is 0 Å². The minimum Gasteiger partial charge on any atom is -0.385 e. The van der Waals surface area contributed by atoms with Gasteiger partial charge in [0.05, 0.1) is 16.4 Å². The molecule has 2 unspecified atom stereocenters. The number of benzene rings is 2. The summed E-state index contributed by atoms with van der Waals surface area (Å²) in [5, 5.41) is 5.09. The number of amidine groups is 1. The number of hydrazone groups is 1. The highest BCUT2D eigenvalue weighted by atomic mass is 35.5. The van der Waals surface area contributed by atoms with Gasteiger partial charge in [0.1, 0.15) is 17.9 Å². The van der Waals surface area contributed by atoms with E-state index in [2.05, 4.69) is 10.5 Å². The van der Waals surface area contributed by atoms with Crippen LogP contribution in [0.3, 0.4) is 0 Å². The predicted molar refractivity (Wildman–Crippen MR) is 91.4 cm³/mol. The first kappa shape index (κ1) is 14.4. The highest BCUT2D eigenvalue weighted by Gasteiger charge is 2.46. The molecular weight excluding hydrogens is 335 g/mol. The smallest absolute Gasteiger partial charge is 0.179 e. The average Bonchev–Trinajstić information content (AvgIpc) is 2.91. The first-order chi connectivity index (χ1) is 11.1. The Kier molecular flexibility index (Phi) is 3.21. The molecule has 2 atom stereocenters. The van der Waals surface area contributed by atoms with Gasteiger partial charge in [-0.1, -0.05) is 35.3 Å². The van der Waals surface area contributed by atoms with Crippen LogP contribution in [-0.2, 0) is 0 Å². The highest BCUT2D eigenvalue weighted by molar-refractivity contribution is 6.36. The molecule has 0 spiro atoms. The van der Waals surface area contributed by atoms with Gasteiger partial charge in [0.25, 0.3) is 0 Å². The Morgan fingerprint density at radius 1 is 1.13 bits per heavy atom. The molecule has 0 aliphatic carbocycles. The number of Topliss-reactive ketones (excluding diaryl/α,β-unsaturated/α-hetero) is 1. The Bertz CT molecular complexity index is 852. The van der Waals surface area contributed by atoms with Crippen LogP contribution in [0.4, 0.5) is 11.4 Å². The molecule has 2 heterocycles. The van der Waals surface area contributed by atoms with Crippen molar-refractivity contribution in [2.24, 2.45) is 16.8 Å². The Labute approximate surface area is 142 Å². The third-order valence-electron chi connectivity index (χ3n) is 4.12. The van der Waals surface area contributed by atoms with E-state index in [0.29, 0.717) is 15.6 Å². The van der Waals surface area contributed by atoms with Gasteiger partial charge in [-0.05, 0) is 30.3 Å². The number of hydrogen-bond acceptors (Lipinski definition) is 5. The van der Waals surface area contributed by atoms with Crippen molar-refractivity contribution in [2.75, 3.05) is 4.90 Å². The highest BCUT2D eigenvalue weighted by Crippen LogP contribution is 2.42. The van der Waals surface area contributed by atoms with Gasteiger partial charge in [-0.2, -0.15) is 5.10 Å². The fraction of sp³-hybridized carbons (Fsp3) is 0.125. The lowest BCUT2D eigenvalue weighted by molar-refractivity contribution is 0.0933. The Hall–Kier alpha value is -2.24. The lowest BCUT2D eigenvalue weighted by Gasteiger charge is -2.39. The molecule has 0 amide bonds. The van der Waals surface area contributed by atoms with Crippen LogP contribution < -0.4 is 16.1 Å². The van der Waals surface area contributed by atoms with E-state index in [1.54, 1.807) is 18.2 Å². The van der Waals surface area contributed by atoms with Crippen LogP contribution in [0.1, 0.15) is 10.4 Å². The molecule has 0 aromatic heterocycles. The zero-order chi connectivity index (χ0) is 16.1. The van der Waals surface area contributed by atoms with Crippen molar-refractivity contribution < 1.29 is 4.79 Å². The van der Waals surface area contributed by atoms with Crippen LogP contribution in [0.15, 0.2) is 47.6 Å². The number of para-hydroxylation sites is 1. The second-order valence-electron chi connectivity index (χ2n) is 5.44. The lowest BCUT2D eigenvalue weighted by Crippen LogP contribution is -2.52. The molecule has 7 heteroatoms. The van der Waals surface area contributed by atoms with Crippen molar-refractivity contribution in [1.29, 1.82) is 0 Å². The Morgan fingerprint density at radius 3 is 2.70 bits per heavy atom. The van der Waals surface area contributed by atoms with Crippen LogP contribution in [0.25, 0.3) is 0 Å². The monoisotopic (exact) mass is 346 g/mol. The maximum absolute atomic E-state index is 12.7. The van der Waals surface area contributed by atoms with Crippen LogP contribution in [0, 0.1) is 5.92 Å². The number of nitrogens with one attached hydrogen (secondary N) is 1. The molecule has 2 aromatic carbocycles. The van der Waals surface area contributed by atoms with Crippen molar-refractivity contribution in [2.45, 2.75) is 6.17 Å². The zero-order valence-corrected chi connectivity index (χ0v) is 13.3. The fourth-order valence-electron chi connectivity index (χ4n) is 3.10. The van der Waals surface area contributed by atoms with Crippen molar-refractivity contribution in [3.63, 3.8) is 0 Å². The van der Waals surface area contributed by atoms with Crippen LogP contribution >= 0.6 is 23.2 Å². The number of ketones is 1. The minimum atomic E-state index is -0.545. The standard InChI is InChI=1S/C16H12Cl2N4O/c17-8-5-6-12(10(18)7-8)22-11-4-2-1-3-9(11)14(23)13-15(19)20-21-16(13)22/h1-7,13,16,21H,(H2,19,20). The summed E-state index contributed by atoms with van der Waals surface area (Å²) in [5.74, 6) is -0.306. The topological polar surface area (TPSA) is 70.7 Å². The van der Waals surface area contributed by atoms with E-state index in [0.717, 1.165) is 11.4 Å². The number of carbonyl (C=O) groups excluding carboxylic acids is 1. The van der Waals surface area contributed by atoms with Gasteiger partial charge in [-0.15, -0.1) is 0 Å². The van der Waals surface area contributed by atoms with Gasteiger partial charge in [0.2, 0.25) is 0 Å². The molecular formula is C16H12Cl2N4O. The summed E-state index contributed by atoms with van der Waals surface area (Å²) in [7, 11) is 0. The number of nitrogens with two attached hydrogens (primary N) is 1. The molecule has 2 aromatic rings. The average molecular weight is 347 g/mol. The minimum absolute atomic E-state index is 0.0433. The van der Waals surface area contributed by atoms with Gasteiger partial charge in [-0.25, -0.2) is 0 Å². The molecule has 0 saturated carbocycles. The second-order valence-corrected chi connectivity index (χ2v) is 6.28. The summed E-state index contributed by atoms with van der Waals surface area (Å²) < 4.78 is 0. The quantitative estimate of drug-likeness (QED) is 0.831. The zero-order valence-electron chi connectivity index (χ0n) is 11.8. The number of anilines is 2. The maximum Gasteiger partial charge on any atom is 0.179 e. The third-order valence-corrected chi connectivity index (χ3v) is 4.66. The number of rotatable bonds is 1. The Morgan fingerprint density at radius 2 is 1.91 bits per heavy atom. The maximum atomic E-state index is 12.7. The van der Waals surface area contributed by atoms with Crippen molar-refractivity contribution >= 4 is 46.2 Å². The largest absolute Gasteiger partial charge is 0.385 e. The summed E-state index contributed by atoms with van der Waals surface area (Å²) >= 11 is 12.4. The molecule has 3 N–H and O–H groups in total. The molecule has 4 rings (SSSR count). The molecule has 116 valence electrons. The molecule has 0 radical (unpaired) electrons. The molecule has 2 aliphatic heterocycles. The molecule has 0 saturated heterocycles. The molecule has 5 nitrogen and oxygen atoms in total. The van der Waals surface area contributed by atoms with E-state index in [-0.39, 0.29) is 11.6 Å². The van der Waals surface area contributed by atoms with E-state index in [4.69, 9.17) is 28.9 Å². The van der Waals surface area contributed by atoms with E-state index in [1.807, 2.05) is 29.2 Å². The summed E-state index contributed by atoms with van der Waals surface area (Å²) in [6.45, 7) is 0. The number of carbonyl (C=O) groups is 1. The van der Waals surface area contributed by atoms with Crippen molar-refractivity contribution in [3.05, 3.63) is 58.1 Å². The van der Waals surface area contributed by atoms with E-state index < -0.39 is 12.1 Å². The van der Waals surface area contributed by atoms with E-state index in [1.165, 1.54) is 0 Å². The molecule has 0 fully saturated rings. The normalized spacial score (nSPS) is 22.3. The Balaban J connectivity index is 1.94. The van der Waals surface area contributed by atoms with Gasteiger partial charge < -0.3 is 10.6 Å². The van der Waals surface area contributed by atoms with E-state index in [9.17, 15) is 4.79 Å². The number of nitrogens with zero attached hydrogens (tertiary/aromatic N) is 2. The van der Waals surface area contributed by atoms with Gasteiger partial charge in [0.15, 0.2) is 5.78 Å². The van der Waals surface area contributed by atoms with Gasteiger partial charge in [0, 0.05) is 10.6 Å². The van der Waals surface area contributed by atoms with Crippen molar-refractivity contribution in [1.82, 2.24) is 5.43 Å². The second kappa shape index (κ2) is 5.15. The summed E-state index contributed by atoms with van der Waals surface area (Å²) in [4.78, 5) is 14.7. The number of fused-ring (bicyclic) bond motifs is 2. The number of halogens is 2. The first-order valence-corrected chi connectivity index (χ1v) is 7.79. The lowest BCUT2D eigenvalue weighted by atomic mass is 9.87. The van der Waals surface area contributed by atoms with Crippen LogP contribution in [-0.4, -0.2) is 17.8 Å². The SMILES string of the molecule is NC1=NNC2C1C(=O)c1ccccc1N2c1ccc(Cl)cc1Cl. The van der Waals surface area contributed by atoms with Gasteiger partial charge >= 0.3 is 0 Å². The summed E-state index contributed by atoms with van der Waals surface area (Å²) in [6, 6.07) is 12.6. The predicted octanol–water partition coefficient (Wildman–Crippen LogP) is 3.15.